The molecule has 0 aliphatic heterocycles. The molecule has 0 fully saturated rings. The SMILES string of the molecule is Cc1cccc(C(=O)Nc2cc(Cl)ccc2C(=O)O)c1C. The quantitative estimate of drug-likeness (QED) is 0.903. The van der Waals surface area contributed by atoms with Crippen molar-refractivity contribution in [2.45, 2.75) is 13.8 Å². The predicted octanol–water partition coefficient (Wildman–Crippen LogP) is 3.91. The number of benzene rings is 2. The zero-order valence-corrected chi connectivity index (χ0v) is 12.4. The average molecular weight is 304 g/mol. The molecule has 0 aliphatic rings. The number of hydrogen-bond donors (Lipinski definition) is 2. The van der Waals surface area contributed by atoms with Crippen LogP contribution in [-0.2, 0) is 0 Å². The molecule has 1 amide bonds. The van der Waals surface area contributed by atoms with Crippen molar-refractivity contribution in [2.75, 3.05) is 5.32 Å². The summed E-state index contributed by atoms with van der Waals surface area (Å²) in [6.45, 7) is 3.76. The molecule has 0 saturated heterocycles. The van der Waals surface area contributed by atoms with Gasteiger partial charge < -0.3 is 10.4 Å². The Morgan fingerprint density at radius 1 is 1.10 bits per heavy atom. The number of amides is 1. The van der Waals surface area contributed by atoms with Crippen LogP contribution >= 0.6 is 11.6 Å². The van der Waals surface area contributed by atoms with Gasteiger partial charge in [0.15, 0.2) is 0 Å². The molecule has 4 nitrogen and oxygen atoms in total. The van der Waals surface area contributed by atoms with Crippen LogP contribution in [0.2, 0.25) is 5.02 Å². The smallest absolute Gasteiger partial charge is 0.337 e. The lowest BCUT2D eigenvalue weighted by Crippen LogP contribution is -2.16. The first-order valence-corrected chi connectivity index (χ1v) is 6.68. The zero-order valence-electron chi connectivity index (χ0n) is 11.6. The summed E-state index contributed by atoms with van der Waals surface area (Å²) in [5, 5.41) is 12.1. The van der Waals surface area contributed by atoms with E-state index in [2.05, 4.69) is 5.32 Å². The molecule has 0 saturated carbocycles. The van der Waals surface area contributed by atoms with Gasteiger partial charge in [-0.3, -0.25) is 4.79 Å². The molecule has 0 atom stereocenters. The van der Waals surface area contributed by atoms with Crippen molar-refractivity contribution in [1.82, 2.24) is 0 Å². The van der Waals surface area contributed by atoms with Gasteiger partial charge in [-0.2, -0.15) is 0 Å². The predicted molar refractivity (Wildman–Crippen MR) is 82.3 cm³/mol. The summed E-state index contributed by atoms with van der Waals surface area (Å²) in [6.07, 6.45) is 0. The molecule has 5 heteroatoms. The maximum absolute atomic E-state index is 12.3. The lowest BCUT2D eigenvalue weighted by atomic mass is 10.0. The number of aryl methyl sites for hydroxylation is 1. The third-order valence-corrected chi connectivity index (χ3v) is 3.54. The van der Waals surface area contributed by atoms with E-state index in [1.54, 1.807) is 12.1 Å². The largest absolute Gasteiger partial charge is 0.478 e. The fourth-order valence-electron chi connectivity index (χ4n) is 1.99. The summed E-state index contributed by atoms with van der Waals surface area (Å²) in [4.78, 5) is 23.5. The fourth-order valence-corrected chi connectivity index (χ4v) is 2.17. The van der Waals surface area contributed by atoms with Gasteiger partial charge in [-0.05, 0) is 49.2 Å². The molecule has 0 unspecified atom stereocenters. The Balaban J connectivity index is 2.38. The van der Waals surface area contributed by atoms with Crippen molar-refractivity contribution in [3.8, 4) is 0 Å². The van der Waals surface area contributed by atoms with E-state index in [9.17, 15) is 9.59 Å². The number of carbonyl (C=O) groups is 2. The molecule has 108 valence electrons. The maximum Gasteiger partial charge on any atom is 0.337 e. The summed E-state index contributed by atoms with van der Waals surface area (Å²) in [5.74, 6) is -1.48. The van der Waals surface area contributed by atoms with E-state index < -0.39 is 5.97 Å². The standard InChI is InChI=1S/C16H14ClNO3/c1-9-4-3-5-12(10(9)2)15(19)18-14-8-11(17)6-7-13(14)16(20)21/h3-8H,1-2H3,(H,18,19)(H,20,21). The first-order chi connectivity index (χ1) is 9.90. The lowest BCUT2D eigenvalue weighted by molar-refractivity contribution is 0.0698. The first-order valence-electron chi connectivity index (χ1n) is 6.30. The van der Waals surface area contributed by atoms with Gasteiger partial charge in [-0.1, -0.05) is 23.7 Å². The van der Waals surface area contributed by atoms with Gasteiger partial charge in [-0.25, -0.2) is 4.79 Å². The Morgan fingerprint density at radius 3 is 2.48 bits per heavy atom. The molecular formula is C16H14ClNO3. The minimum Gasteiger partial charge on any atom is -0.478 e. The van der Waals surface area contributed by atoms with Crippen LogP contribution in [0.15, 0.2) is 36.4 Å². The van der Waals surface area contributed by atoms with E-state index in [0.717, 1.165) is 11.1 Å². The van der Waals surface area contributed by atoms with Crippen molar-refractivity contribution in [3.63, 3.8) is 0 Å². The van der Waals surface area contributed by atoms with Crippen molar-refractivity contribution < 1.29 is 14.7 Å². The van der Waals surface area contributed by atoms with Crippen molar-refractivity contribution in [2.24, 2.45) is 0 Å². The van der Waals surface area contributed by atoms with E-state index in [4.69, 9.17) is 16.7 Å². The highest BCUT2D eigenvalue weighted by Crippen LogP contribution is 2.23. The lowest BCUT2D eigenvalue weighted by Gasteiger charge is -2.11. The van der Waals surface area contributed by atoms with Crippen LogP contribution in [0.3, 0.4) is 0 Å². The van der Waals surface area contributed by atoms with E-state index in [1.165, 1.54) is 18.2 Å². The monoisotopic (exact) mass is 303 g/mol. The number of carboxylic acid groups (broad SMARTS) is 1. The highest BCUT2D eigenvalue weighted by molar-refractivity contribution is 6.31. The van der Waals surface area contributed by atoms with Gasteiger partial charge in [0.25, 0.3) is 5.91 Å². The highest BCUT2D eigenvalue weighted by Gasteiger charge is 2.15. The van der Waals surface area contributed by atoms with Gasteiger partial charge >= 0.3 is 5.97 Å². The fraction of sp³-hybridized carbons (Fsp3) is 0.125. The molecule has 2 aromatic rings. The topological polar surface area (TPSA) is 66.4 Å². The highest BCUT2D eigenvalue weighted by atomic mass is 35.5. The van der Waals surface area contributed by atoms with Crippen molar-refractivity contribution in [3.05, 3.63) is 63.7 Å². The molecule has 0 aliphatic carbocycles. The number of carboxylic acids is 1. The third-order valence-electron chi connectivity index (χ3n) is 3.31. The minimum absolute atomic E-state index is 0.00180. The van der Waals surface area contributed by atoms with Crippen LogP contribution < -0.4 is 5.32 Å². The number of anilines is 1. The molecule has 2 aromatic carbocycles. The number of halogens is 1. The number of hydrogen-bond acceptors (Lipinski definition) is 2. The first kappa shape index (κ1) is 15.1. The second kappa shape index (κ2) is 5.97. The van der Waals surface area contributed by atoms with Crippen LogP contribution in [-0.4, -0.2) is 17.0 Å². The summed E-state index contributed by atoms with van der Waals surface area (Å²) in [5.41, 5.74) is 2.53. The molecule has 0 aromatic heterocycles. The number of aromatic carboxylic acids is 1. The molecule has 21 heavy (non-hydrogen) atoms. The van der Waals surface area contributed by atoms with Gasteiger partial charge in [0.1, 0.15) is 0 Å². The van der Waals surface area contributed by atoms with Crippen LogP contribution in [0.4, 0.5) is 5.69 Å². The van der Waals surface area contributed by atoms with Crippen molar-refractivity contribution >= 4 is 29.2 Å². The van der Waals surface area contributed by atoms with Crippen molar-refractivity contribution in [1.29, 1.82) is 0 Å². The molecule has 0 spiro atoms. The molecule has 2 rings (SSSR count). The Labute approximate surface area is 127 Å². The van der Waals surface area contributed by atoms with Gasteiger partial charge in [0.05, 0.1) is 11.3 Å². The van der Waals surface area contributed by atoms with Crippen LogP contribution in [0, 0.1) is 13.8 Å². The maximum atomic E-state index is 12.3. The Hall–Kier alpha value is -2.33. The number of rotatable bonds is 3. The zero-order chi connectivity index (χ0) is 15.6. The van der Waals surface area contributed by atoms with Gasteiger partial charge in [0.2, 0.25) is 0 Å². The molecule has 0 radical (unpaired) electrons. The molecule has 0 bridgehead atoms. The molecular weight excluding hydrogens is 290 g/mol. The number of carbonyl (C=O) groups excluding carboxylic acids is 1. The average Bonchev–Trinajstić information content (AvgIpc) is 2.41. The third kappa shape index (κ3) is 3.23. The summed E-state index contributed by atoms with van der Waals surface area (Å²) < 4.78 is 0. The van der Waals surface area contributed by atoms with E-state index >= 15 is 0 Å². The summed E-state index contributed by atoms with van der Waals surface area (Å²) in [6, 6.07) is 9.65. The van der Waals surface area contributed by atoms with E-state index in [1.807, 2.05) is 19.9 Å². The second-order valence-electron chi connectivity index (χ2n) is 4.70. The summed E-state index contributed by atoms with van der Waals surface area (Å²) >= 11 is 5.86. The Kier molecular flexibility index (Phi) is 4.29. The summed E-state index contributed by atoms with van der Waals surface area (Å²) in [7, 11) is 0. The number of nitrogens with one attached hydrogen (secondary N) is 1. The molecule has 0 heterocycles. The second-order valence-corrected chi connectivity index (χ2v) is 5.13. The minimum atomic E-state index is -1.12. The van der Waals surface area contributed by atoms with Gasteiger partial charge in [-0.15, -0.1) is 0 Å². The van der Waals surface area contributed by atoms with E-state index in [-0.39, 0.29) is 17.2 Å². The van der Waals surface area contributed by atoms with E-state index in [0.29, 0.717) is 10.6 Å². The Bertz CT molecular complexity index is 725. The van der Waals surface area contributed by atoms with Crippen LogP contribution in [0.5, 0.6) is 0 Å². The van der Waals surface area contributed by atoms with Crippen LogP contribution in [0.1, 0.15) is 31.8 Å². The normalized spacial score (nSPS) is 10.2. The molecule has 2 N–H and O–H groups in total. The van der Waals surface area contributed by atoms with Crippen LogP contribution in [0.25, 0.3) is 0 Å². The Morgan fingerprint density at radius 2 is 1.81 bits per heavy atom. The van der Waals surface area contributed by atoms with Gasteiger partial charge in [0, 0.05) is 10.6 Å².